The molecule has 0 aliphatic rings. The first kappa shape index (κ1) is 8.95. The molecule has 0 fully saturated rings. The Morgan fingerprint density at radius 1 is 1.58 bits per heavy atom. The van der Waals surface area contributed by atoms with Crippen LogP contribution in [0.3, 0.4) is 0 Å². The lowest BCUT2D eigenvalue weighted by Crippen LogP contribution is -2.09. The minimum Gasteiger partial charge on any atom is -0.394 e. The predicted molar refractivity (Wildman–Crippen MR) is 42.3 cm³/mol. The van der Waals surface area contributed by atoms with Gasteiger partial charge < -0.3 is 15.6 Å². The SMILES string of the molecule is Nc1ncn(CCOCCO)n1. The zero-order valence-corrected chi connectivity index (χ0v) is 6.68. The van der Waals surface area contributed by atoms with Crippen molar-refractivity contribution in [2.45, 2.75) is 6.54 Å². The van der Waals surface area contributed by atoms with E-state index in [4.69, 9.17) is 15.6 Å². The summed E-state index contributed by atoms with van der Waals surface area (Å²) in [4.78, 5) is 3.74. The van der Waals surface area contributed by atoms with E-state index >= 15 is 0 Å². The average molecular weight is 172 g/mol. The maximum atomic E-state index is 8.39. The molecule has 1 heterocycles. The quantitative estimate of drug-likeness (QED) is 0.549. The van der Waals surface area contributed by atoms with Gasteiger partial charge in [0.15, 0.2) is 0 Å². The molecule has 0 saturated heterocycles. The highest BCUT2D eigenvalue weighted by molar-refractivity contribution is 5.08. The molecule has 0 spiro atoms. The van der Waals surface area contributed by atoms with Crippen molar-refractivity contribution in [1.29, 1.82) is 0 Å². The van der Waals surface area contributed by atoms with Crippen molar-refractivity contribution in [2.75, 3.05) is 25.6 Å². The Balaban J connectivity index is 2.15. The zero-order valence-electron chi connectivity index (χ0n) is 6.68. The molecule has 0 unspecified atom stereocenters. The van der Waals surface area contributed by atoms with Crippen LogP contribution in [0, 0.1) is 0 Å². The van der Waals surface area contributed by atoms with Gasteiger partial charge in [-0.1, -0.05) is 0 Å². The number of nitrogens with two attached hydrogens (primary N) is 1. The molecule has 1 aromatic heterocycles. The van der Waals surface area contributed by atoms with Gasteiger partial charge in [0.05, 0.1) is 26.4 Å². The lowest BCUT2D eigenvalue weighted by atomic mass is 10.7. The van der Waals surface area contributed by atoms with Crippen LogP contribution in [0.1, 0.15) is 0 Å². The number of aliphatic hydroxyl groups is 1. The van der Waals surface area contributed by atoms with Crippen LogP contribution in [0.5, 0.6) is 0 Å². The summed E-state index contributed by atoms with van der Waals surface area (Å²) in [5.41, 5.74) is 5.29. The van der Waals surface area contributed by atoms with Gasteiger partial charge in [-0.3, -0.25) is 0 Å². The van der Waals surface area contributed by atoms with Crippen LogP contribution >= 0.6 is 0 Å². The number of anilines is 1. The Kier molecular flexibility index (Phi) is 3.49. The Labute approximate surface area is 70.0 Å². The second kappa shape index (κ2) is 4.68. The average Bonchev–Trinajstić information content (AvgIpc) is 2.45. The number of ether oxygens (including phenoxy) is 1. The van der Waals surface area contributed by atoms with Crippen LogP contribution in [0.25, 0.3) is 0 Å². The number of aromatic nitrogens is 3. The monoisotopic (exact) mass is 172 g/mol. The van der Waals surface area contributed by atoms with Crippen molar-refractivity contribution < 1.29 is 9.84 Å². The van der Waals surface area contributed by atoms with Crippen LogP contribution in [-0.4, -0.2) is 39.7 Å². The lowest BCUT2D eigenvalue weighted by molar-refractivity contribution is 0.0854. The van der Waals surface area contributed by atoms with E-state index in [0.29, 0.717) is 19.8 Å². The maximum Gasteiger partial charge on any atom is 0.239 e. The van der Waals surface area contributed by atoms with Crippen molar-refractivity contribution in [2.24, 2.45) is 0 Å². The Hall–Kier alpha value is -1.14. The molecule has 12 heavy (non-hydrogen) atoms. The molecule has 0 aliphatic carbocycles. The number of hydrogen-bond acceptors (Lipinski definition) is 5. The molecule has 0 amide bonds. The maximum absolute atomic E-state index is 8.39. The highest BCUT2D eigenvalue weighted by Gasteiger charge is 1.94. The molecule has 0 saturated carbocycles. The summed E-state index contributed by atoms with van der Waals surface area (Å²) in [7, 11) is 0. The summed E-state index contributed by atoms with van der Waals surface area (Å²) in [5.74, 6) is 0.261. The second-order valence-corrected chi connectivity index (χ2v) is 2.20. The van der Waals surface area contributed by atoms with Gasteiger partial charge in [-0.15, -0.1) is 5.10 Å². The third kappa shape index (κ3) is 2.85. The van der Waals surface area contributed by atoms with E-state index in [0.717, 1.165) is 0 Å². The van der Waals surface area contributed by atoms with E-state index in [1.807, 2.05) is 0 Å². The molecule has 0 radical (unpaired) electrons. The molecule has 68 valence electrons. The number of hydrogen-bond donors (Lipinski definition) is 2. The van der Waals surface area contributed by atoms with E-state index in [-0.39, 0.29) is 12.6 Å². The third-order valence-corrected chi connectivity index (χ3v) is 1.25. The fourth-order valence-electron chi connectivity index (χ4n) is 0.741. The van der Waals surface area contributed by atoms with Crippen molar-refractivity contribution in [3.8, 4) is 0 Å². The first-order chi connectivity index (χ1) is 5.83. The summed E-state index contributed by atoms with van der Waals surface area (Å²) in [6.07, 6.45) is 1.54. The van der Waals surface area contributed by atoms with Gasteiger partial charge in [-0.2, -0.15) is 0 Å². The van der Waals surface area contributed by atoms with Crippen molar-refractivity contribution in [3.05, 3.63) is 6.33 Å². The highest BCUT2D eigenvalue weighted by Crippen LogP contribution is 1.89. The molecule has 0 bridgehead atoms. The van der Waals surface area contributed by atoms with E-state index in [1.54, 1.807) is 4.68 Å². The molecule has 0 atom stereocenters. The van der Waals surface area contributed by atoms with Crippen LogP contribution in [0.2, 0.25) is 0 Å². The second-order valence-electron chi connectivity index (χ2n) is 2.20. The van der Waals surface area contributed by atoms with Crippen LogP contribution in [0.4, 0.5) is 5.95 Å². The normalized spacial score (nSPS) is 10.4. The largest absolute Gasteiger partial charge is 0.394 e. The lowest BCUT2D eigenvalue weighted by Gasteiger charge is -2.00. The molecular formula is C6H12N4O2. The van der Waals surface area contributed by atoms with Gasteiger partial charge in [0.2, 0.25) is 5.95 Å². The molecule has 6 nitrogen and oxygen atoms in total. The first-order valence-electron chi connectivity index (χ1n) is 3.66. The van der Waals surface area contributed by atoms with Crippen LogP contribution in [-0.2, 0) is 11.3 Å². The number of nitrogens with zero attached hydrogens (tertiary/aromatic N) is 3. The number of rotatable bonds is 5. The molecule has 6 heteroatoms. The van der Waals surface area contributed by atoms with Crippen molar-refractivity contribution >= 4 is 5.95 Å². The van der Waals surface area contributed by atoms with Gasteiger partial charge in [0.25, 0.3) is 0 Å². The standard InChI is InChI=1S/C6H12N4O2/c7-6-8-5-10(9-6)1-3-12-4-2-11/h5,11H,1-4H2,(H2,7,9). The Morgan fingerprint density at radius 2 is 2.42 bits per heavy atom. The van der Waals surface area contributed by atoms with E-state index in [9.17, 15) is 0 Å². The minimum atomic E-state index is 0.0412. The van der Waals surface area contributed by atoms with E-state index in [2.05, 4.69) is 10.1 Å². The number of aliphatic hydroxyl groups excluding tert-OH is 1. The van der Waals surface area contributed by atoms with Crippen molar-refractivity contribution in [3.63, 3.8) is 0 Å². The van der Waals surface area contributed by atoms with Gasteiger partial charge in [0.1, 0.15) is 6.33 Å². The van der Waals surface area contributed by atoms with Crippen LogP contribution in [0.15, 0.2) is 6.33 Å². The summed E-state index contributed by atoms with van der Waals surface area (Å²) in [6, 6.07) is 0. The van der Waals surface area contributed by atoms with Gasteiger partial charge in [-0.25, -0.2) is 9.67 Å². The topological polar surface area (TPSA) is 86.2 Å². The molecule has 1 aromatic rings. The summed E-state index contributed by atoms with van der Waals surface area (Å²) >= 11 is 0. The molecule has 0 aromatic carbocycles. The van der Waals surface area contributed by atoms with Gasteiger partial charge in [-0.05, 0) is 0 Å². The summed E-state index contributed by atoms with van der Waals surface area (Å²) < 4.78 is 6.61. The first-order valence-corrected chi connectivity index (χ1v) is 3.66. The van der Waals surface area contributed by atoms with Crippen molar-refractivity contribution in [1.82, 2.24) is 14.8 Å². The van der Waals surface area contributed by atoms with E-state index < -0.39 is 0 Å². The van der Waals surface area contributed by atoms with Crippen LogP contribution < -0.4 is 5.73 Å². The third-order valence-electron chi connectivity index (χ3n) is 1.25. The Bertz CT molecular complexity index is 225. The molecule has 1 rings (SSSR count). The fraction of sp³-hybridized carbons (Fsp3) is 0.667. The summed E-state index contributed by atoms with van der Waals surface area (Å²) in [5, 5.41) is 12.2. The molecular weight excluding hydrogens is 160 g/mol. The smallest absolute Gasteiger partial charge is 0.239 e. The molecule has 3 N–H and O–H groups in total. The Morgan fingerprint density at radius 3 is 3.00 bits per heavy atom. The highest BCUT2D eigenvalue weighted by atomic mass is 16.5. The van der Waals surface area contributed by atoms with Gasteiger partial charge >= 0.3 is 0 Å². The zero-order chi connectivity index (χ0) is 8.81. The minimum absolute atomic E-state index is 0.0412. The summed E-state index contributed by atoms with van der Waals surface area (Å²) in [6.45, 7) is 1.50. The number of nitrogen functional groups attached to an aromatic ring is 1. The van der Waals surface area contributed by atoms with E-state index in [1.165, 1.54) is 6.33 Å². The van der Waals surface area contributed by atoms with Gasteiger partial charge in [0, 0.05) is 0 Å². The predicted octanol–water partition coefficient (Wildman–Crippen LogP) is -1.13. The fourth-order valence-corrected chi connectivity index (χ4v) is 0.741. The molecule has 0 aliphatic heterocycles.